The van der Waals surface area contributed by atoms with Crippen molar-refractivity contribution in [3.05, 3.63) is 58.1 Å². The molecule has 0 saturated heterocycles. The van der Waals surface area contributed by atoms with E-state index in [-0.39, 0.29) is 17.9 Å². The van der Waals surface area contributed by atoms with E-state index in [9.17, 15) is 4.79 Å². The second-order valence-corrected chi connectivity index (χ2v) is 7.08. The number of halogens is 2. The van der Waals surface area contributed by atoms with Crippen LogP contribution in [-0.4, -0.2) is 12.5 Å². The van der Waals surface area contributed by atoms with Gasteiger partial charge < -0.3 is 10.1 Å². The minimum Gasteiger partial charge on any atom is -0.482 e. The van der Waals surface area contributed by atoms with Crippen molar-refractivity contribution in [2.24, 2.45) is 0 Å². The first-order valence-electron chi connectivity index (χ1n) is 7.24. The monoisotopic (exact) mass is 351 g/mol. The van der Waals surface area contributed by atoms with E-state index in [1.165, 1.54) is 5.56 Å². The van der Waals surface area contributed by atoms with E-state index in [2.05, 4.69) is 26.1 Å². The number of carbonyl (C=O) groups is 1. The molecule has 2 rings (SSSR count). The maximum absolute atomic E-state index is 12.0. The molecule has 1 amide bonds. The molecule has 0 aliphatic carbocycles. The van der Waals surface area contributed by atoms with E-state index in [0.29, 0.717) is 15.8 Å². The van der Waals surface area contributed by atoms with Crippen LogP contribution in [0.25, 0.3) is 0 Å². The minimum absolute atomic E-state index is 0.0783. The van der Waals surface area contributed by atoms with Crippen molar-refractivity contribution < 1.29 is 9.53 Å². The summed E-state index contributed by atoms with van der Waals surface area (Å²) in [6.45, 7) is 6.29. The van der Waals surface area contributed by atoms with Crippen molar-refractivity contribution in [2.45, 2.75) is 26.2 Å². The molecule has 2 aromatic carbocycles. The van der Waals surface area contributed by atoms with Crippen molar-refractivity contribution in [2.75, 3.05) is 11.9 Å². The summed E-state index contributed by atoms with van der Waals surface area (Å²) in [5.74, 6) is 0.127. The van der Waals surface area contributed by atoms with E-state index >= 15 is 0 Å². The molecule has 3 nitrogen and oxygen atoms in total. The Hall–Kier alpha value is -1.71. The van der Waals surface area contributed by atoms with Crippen LogP contribution in [0.1, 0.15) is 26.3 Å². The van der Waals surface area contributed by atoms with E-state index in [4.69, 9.17) is 27.9 Å². The molecule has 5 heteroatoms. The molecular formula is C18H19Cl2NO2. The summed E-state index contributed by atoms with van der Waals surface area (Å²) in [6.07, 6.45) is 0. The first-order valence-corrected chi connectivity index (χ1v) is 7.99. The molecular weight excluding hydrogens is 333 g/mol. The van der Waals surface area contributed by atoms with Crippen LogP contribution in [0.4, 0.5) is 5.69 Å². The average molecular weight is 352 g/mol. The van der Waals surface area contributed by atoms with Crippen LogP contribution in [-0.2, 0) is 10.2 Å². The van der Waals surface area contributed by atoms with Crippen LogP contribution in [0.15, 0.2) is 42.5 Å². The van der Waals surface area contributed by atoms with Gasteiger partial charge in [-0.1, -0.05) is 56.1 Å². The van der Waals surface area contributed by atoms with Crippen LogP contribution >= 0.6 is 23.2 Å². The van der Waals surface area contributed by atoms with Crippen LogP contribution < -0.4 is 10.1 Å². The van der Waals surface area contributed by atoms with Crippen molar-refractivity contribution in [1.82, 2.24) is 0 Å². The van der Waals surface area contributed by atoms with Gasteiger partial charge in [0.15, 0.2) is 6.61 Å². The van der Waals surface area contributed by atoms with Crippen LogP contribution in [0.3, 0.4) is 0 Å². The Balaban J connectivity index is 1.93. The van der Waals surface area contributed by atoms with Gasteiger partial charge in [0.2, 0.25) is 0 Å². The first-order chi connectivity index (χ1) is 10.8. The molecule has 2 aromatic rings. The maximum atomic E-state index is 12.0. The number of ether oxygens (including phenoxy) is 1. The van der Waals surface area contributed by atoms with Gasteiger partial charge >= 0.3 is 0 Å². The van der Waals surface area contributed by atoms with Crippen molar-refractivity contribution in [3.8, 4) is 5.75 Å². The zero-order valence-corrected chi connectivity index (χ0v) is 14.8. The zero-order chi connectivity index (χ0) is 17.0. The molecule has 0 aromatic heterocycles. The number of hydrogen-bond donors (Lipinski definition) is 1. The van der Waals surface area contributed by atoms with Gasteiger partial charge in [0.1, 0.15) is 5.75 Å². The van der Waals surface area contributed by atoms with Gasteiger partial charge in [-0.3, -0.25) is 4.79 Å². The summed E-state index contributed by atoms with van der Waals surface area (Å²) < 4.78 is 5.40. The second-order valence-electron chi connectivity index (χ2n) is 6.24. The second kappa shape index (κ2) is 7.24. The zero-order valence-electron chi connectivity index (χ0n) is 13.3. The molecule has 0 saturated carbocycles. The lowest BCUT2D eigenvalue weighted by Crippen LogP contribution is -2.20. The fraction of sp³-hybridized carbons (Fsp3) is 0.278. The third kappa shape index (κ3) is 5.15. The van der Waals surface area contributed by atoms with Crippen molar-refractivity contribution >= 4 is 34.8 Å². The van der Waals surface area contributed by atoms with Gasteiger partial charge in [-0.05, 0) is 35.2 Å². The molecule has 0 atom stereocenters. The quantitative estimate of drug-likeness (QED) is 0.810. The van der Waals surface area contributed by atoms with Crippen LogP contribution in [0, 0.1) is 0 Å². The van der Waals surface area contributed by atoms with Gasteiger partial charge in [0.05, 0.1) is 5.02 Å². The smallest absolute Gasteiger partial charge is 0.262 e. The van der Waals surface area contributed by atoms with E-state index in [1.54, 1.807) is 18.2 Å². The van der Waals surface area contributed by atoms with Crippen molar-refractivity contribution in [1.29, 1.82) is 0 Å². The molecule has 0 fully saturated rings. The number of amides is 1. The summed E-state index contributed by atoms with van der Waals surface area (Å²) in [6, 6.07) is 12.6. The third-order valence-corrected chi connectivity index (χ3v) is 3.83. The molecule has 0 aliphatic heterocycles. The molecule has 122 valence electrons. The fourth-order valence-corrected chi connectivity index (χ4v) is 2.32. The number of nitrogens with one attached hydrogen (secondary N) is 1. The van der Waals surface area contributed by atoms with Gasteiger partial charge in [0, 0.05) is 16.8 Å². The molecule has 23 heavy (non-hydrogen) atoms. The number of hydrogen-bond acceptors (Lipinski definition) is 2. The molecule has 0 unspecified atom stereocenters. The highest BCUT2D eigenvalue weighted by Gasteiger charge is 2.13. The molecule has 0 aliphatic rings. The topological polar surface area (TPSA) is 38.3 Å². The summed E-state index contributed by atoms with van der Waals surface area (Å²) in [4.78, 5) is 12.0. The number of rotatable bonds is 4. The SMILES string of the molecule is CC(C)(C)c1ccc(NC(=O)COc2cc(Cl)ccc2Cl)cc1. The third-order valence-electron chi connectivity index (χ3n) is 3.29. The summed E-state index contributed by atoms with van der Waals surface area (Å²) >= 11 is 11.9. The van der Waals surface area contributed by atoms with Gasteiger partial charge in [-0.15, -0.1) is 0 Å². The molecule has 0 bridgehead atoms. The van der Waals surface area contributed by atoms with E-state index < -0.39 is 0 Å². The Labute approximate surface area is 146 Å². The number of anilines is 1. The van der Waals surface area contributed by atoms with E-state index in [0.717, 1.165) is 5.69 Å². The normalized spacial score (nSPS) is 11.2. The van der Waals surface area contributed by atoms with Gasteiger partial charge in [-0.2, -0.15) is 0 Å². The molecule has 0 radical (unpaired) electrons. The summed E-state index contributed by atoms with van der Waals surface area (Å²) in [5, 5.41) is 3.70. The lowest BCUT2D eigenvalue weighted by atomic mass is 9.87. The Morgan fingerprint density at radius 1 is 1.09 bits per heavy atom. The summed E-state index contributed by atoms with van der Waals surface area (Å²) in [7, 11) is 0. The Kier molecular flexibility index (Phi) is 5.55. The van der Waals surface area contributed by atoms with Crippen molar-refractivity contribution in [3.63, 3.8) is 0 Å². The Morgan fingerprint density at radius 3 is 2.35 bits per heavy atom. The first kappa shape index (κ1) is 17.6. The van der Waals surface area contributed by atoms with Gasteiger partial charge in [-0.25, -0.2) is 0 Å². The highest BCUT2D eigenvalue weighted by molar-refractivity contribution is 6.34. The lowest BCUT2D eigenvalue weighted by molar-refractivity contribution is -0.118. The predicted octanol–water partition coefficient (Wildman–Crippen LogP) is 5.31. The summed E-state index contributed by atoms with van der Waals surface area (Å²) in [5.41, 5.74) is 2.01. The predicted molar refractivity (Wildman–Crippen MR) is 95.7 cm³/mol. The number of carbonyl (C=O) groups excluding carboxylic acids is 1. The standard InChI is InChI=1S/C18H19Cl2NO2/c1-18(2,3)12-4-7-14(8-5-12)21-17(22)11-23-16-10-13(19)6-9-15(16)20/h4-10H,11H2,1-3H3,(H,21,22). The number of benzene rings is 2. The van der Waals surface area contributed by atoms with E-state index in [1.807, 2.05) is 24.3 Å². The Bertz CT molecular complexity index is 691. The van der Waals surface area contributed by atoms with Crippen LogP contribution in [0.2, 0.25) is 10.0 Å². The lowest BCUT2D eigenvalue weighted by Gasteiger charge is -2.19. The van der Waals surface area contributed by atoms with Crippen LogP contribution in [0.5, 0.6) is 5.75 Å². The maximum Gasteiger partial charge on any atom is 0.262 e. The average Bonchev–Trinajstić information content (AvgIpc) is 2.48. The highest BCUT2D eigenvalue weighted by Crippen LogP contribution is 2.27. The molecule has 0 spiro atoms. The highest BCUT2D eigenvalue weighted by atomic mass is 35.5. The Morgan fingerprint density at radius 2 is 1.74 bits per heavy atom. The molecule has 1 N–H and O–H groups in total. The minimum atomic E-state index is -0.260. The fourth-order valence-electron chi connectivity index (χ4n) is 1.98. The van der Waals surface area contributed by atoms with Gasteiger partial charge in [0.25, 0.3) is 5.91 Å². The molecule has 0 heterocycles. The largest absolute Gasteiger partial charge is 0.482 e.